The number of ether oxygens (including phenoxy) is 1. The third-order valence-corrected chi connectivity index (χ3v) is 4.59. The standard InChI is InChI=1S/C13H22O2/c1-4-13-7-5-9-15-11(13)12(2,3)10(14)6-8-13/h11H,4-9H2,1-3H3/t11-,13-/m0/s1. The van der Waals surface area contributed by atoms with Crippen LogP contribution in [-0.4, -0.2) is 18.5 Å². The van der Waals surface area contributed by atoms with Crippen molar-refractivity contribution in [3.8, 4) is 0 Å². The Morgan fingerprint density at radius 1 is 1.40 bits per heavy atom. The Morgan fingerprint density at radius 2 is 2.13 bits per heavy atom. The van der Waals surface area contributed by atoms with Crippen molar-refractivity contribution in [2.75, 3.05) is 6.61 Å². The number of hydrogen-bond acceptors (Lipinski definition) is 2. The Balaban J connectivity index is 2.32. The van der Waals surface area contributed by atoms with E-state index in [2.05, 4.69) is 20.8 Å². The first-order valence-electron chi connectivity index (χ1n) is 6.18. The van der Waals surface area contributed by atoms with Crippen LogP contribution >= 0.6 is 0 Å². The minimum absolute atomic E-state index is 0.157. The first kappa shape index (κ1) is 11.1. The van der Waals surface area contributed by atoms with Crippen LogP contribution in [0.4, 0.5) is 0 Å². The van der Waals surface area contributed by atoms with Gasteiger partial charge in [0, 0.05) is 13.0 Å². The van der Waals surface area contributed by atoms with Gasteiger partial charge in [-0.05, 0) is 31.1 Å². The fourth-order valence-corrected chi connectivity index (χ4v) is 3.53. The van der Waals surface area contributed by atoms with Crippen molar-refractivity contribution in [3.63, 3.8) is 0 Å². The molecule has 2 heteroatoms. The van der Waals surface area contributed by atoms with Crippen molar-refractivity contribution in [2.45, 2.75) is 59.0 Å². The van der Waals surface area contributed by atoms with Crippen molar-refractivity contribution in [3.05, 3.63) is 0 Å². The van der Waals surface area contributed by atoms with Gasteiger partial charge >= 0.3 is 0 Å². The topological polar surface area (TPSA) is 26.3 Å². The lowest BCUT2D eigenvalue weighted by atomic mass is 9.57. The number of carbonyl (C=O) groups is 1. The zero-order valence-electron chi connectivity index (χ0n) is 10.1. The van der Waals surface area contributed by atoms with Gasteiger partial charge in [0.15, 0.2) is 0 Å². The number of Topliss-reactive ketones (excluding diaryl/α,β-unsaturated/α-hetero) is 1. The van der Waals surface area contributed by atoms with Crippen molar-refractivity contribution in [1.82, 2.24) is 0 Å². The Labute approximate surface area is 92.4 Å². The molecule has 0 radical (unpaired) electrons. The normalized spacial score (nSPS) is 39.9. The average molecular weight is 210 g/mol. The van der Waals surface area contributed by atoms with E-state index in [9.17, 15) is 4.79 Å². The van der Waals surface area contributed by atoms with E-state index in [1.807, 2.05) is 0 Å². The molecule has 1 aliphatic carbocycles. The van der Waals surface area contributed by atoms with E-state index < -0.39 is 0 Å². The monoisotopic (exact) mass is 210 g/mol. The molecule has 0 bridgehead atoms. The Morgan fingerprint density at radius 3 is 2.80 bits per heavy atom. The lowest BCUT2D eigenvalue weighted by Gasteiger charge is -2.53. The molecule has 0 N–H and O–H groups in total. The summed E-state index contributed by atoms with van der Waals surface area (Å²) in [5.41, 5.74) is 0.0182. The largest absolute Gasteiger partial charge is 0.377 e. The molecule has 1 heterocycles. The van der Waals surface area contributed by atoms with Gasteiger partial charge < -0.3 is 4.74 Å². The highest BCUT2D eigenvalue weighted by Crippen LogP contribution is 2.52. The van der Waals surface area contributed by atoms with Crippen molar-refractivity contribution in [1.29, 1.82) is 0 Å². The molecule has 2 nitrogen and oxygen atoms in total. The first-order chi connectivity index (χ1) is 7.03. The molecule has 1 saturated carbocycles. The smallest absolute Gasteiger partial charge is 0.141 e. The van der Waals surface area contributed by atoms with Gasteiger partial charge in [0.1, 0.15) is 5.78 Å². The van der Waals surface area contributed by atoms with Crippen LogP contribution in [0.1, 0.15) is 52.9 Å². The van der Waals surface area contributed by atoms with Crippen LogP contribution in [0.5, 0.6) is 0 Å². The highest BCUT2D eigenvalue weighted by atomic mass is 16.5. The summed E-state index contributed by atoms with van der Waals surface area (Å²) in [5.74, 6) is 0.387. The van der Waals surface area contributed by atoms with Gasteiger partial charge in [-0.25, -0.2) is 0 Å². The maximum Gasteiger partial charge on any atom is 0.141 e. The summed E-state index contributed by atoms with van der Waals surface area (Å²) in [6.45, 7) is 7.21. The number of carbonyl (C=O) groups excluding carboxylic acids is 1. The lowest BCUT2D eigenvalue weighted by molar-refractivity contribution is -0.177. The molecule has 0 spiro atoms. The SMILES string of the molecule is CC[C@@]12CCCO[C@H]1C(C)(C)C(=O)CC2. The third kappa shape index (κ3) is 1.54. The Hall–Kier alpha value is -0.370. The van der Waals surface area contributed by atoms with Crippen LogP contribution < -0.4 is 0 Å². The molecule has 0 unspecified atom stereocenters. The second-order valence-corrected chi connectivity index (χ2v) is 5.72. The third-order valence-electron chi connectivity index (χ3n) is 4.59. The molecule has 0 aromatic rings. The van der Waals surface area contributed by atoms with Gasteiger partial charge in [-0.15, -0.1) is 0 Å². The van der Waals surface area contributed by atoms with Gasteiger partial charge in [-0.2, -0.15) is 0 Å². The quantitative estimate of drug-likeness (QED) is 0.665. The molecule has 15 heavy (non-hydrogen) atoms. The number of fused-ring (bicyclic) bond motifs is 1. The molecular weight excluding hydrogens is 188 g/mol. The van der Waals surface area contributed by atoms with E-state index in [1.54, 1.807) is 0 Å². The molecule has 1 saturated heterocycles. The Kier molecular flexibility index (Phi) is 2.66. The van der Waals surface area contributed by atoms with Gasteiger partial charge in [0.25, 0.3) is 0 Å². The Bertz CT molecular complexity index is 270. The van der Waals surface area contributed by atoms with E-state index in [0.29, 0.717) is 5.78 Å². The summed E-state index contributed by atoms with van der Waals surface area (Å²) < 4.78 is 5.94. The summed E-state index contributed by atoms with van der Waals surface area (Å²) in [5, 5.41) is 0. The summed E-state index contributed by atoms with van der Waals surface area (Å²) in [6.07, 6.45) is 5.50. The fraction of sp³-hybridized carbons (Fsp3) is 0.923. The predicted molar refractivity (Wildman–Crippen MR) is 59.7 cm³/mol. The van der Waals surface area contributed by atoms with Crippen molar-refractivity contribution < 1.29 is 9.53 Å². The van der Waals surface area contributed by atoms with Gasteiger partial charge in [0.2, 0.25) is 0 Å². The first-order valence-corrected chi connectivity index (χ1v) is 6.18. The number of hydrogen-bond donors (Lipinski definition) is 0. The zero-order chi connectivity index (χ0) is 11.1. The van der Waals surface area contributed by atoms with Crippen LogP contribution in [0.2, 0.25) is 0 Å². The van der Waals surface area contributed by atoms with Crippen molar-refractivity contribution >= 4 is 5.78 Å². The highest BCUT2D eigenvalue weighted by molar-refractivity contribution is 5.85. The molecule has 2 aliphatic rings. The molecule has 2 fully saturated rings. The molecule has 86 valence electrons. The van der Waals surface area contributed by atoms with Crippen LogP contribution in [-0.2, 0) is 9.53 Å². The van der Waals surface area contributed by atoms with Gasteiger partial charge in [-0.1, -0.05) is 20.8 Å². The predicted octanol–water partition coefficient (Wildman–Crippen LogP) is 2.95. The number of ketones is 1. The number of rotatable bonds is 1. The summed E-state index contributed by atoms with van der Waals surface area (Å²) >= 11 is 0. The maximum absolute atomic E-state index is 11.9. The van der Waals surface area contributed by atoms with Gasteiger partial charge in [0.05, 0.1) is 11.5 Å². The molecule has 2 rings (SSSR count). The van der Waals surface area contributed by atoms with Crippen molar-refractivity contribution in [2.24, 2.45) is 10.8 Å². The van der Waals surface area contributed by atoms with Crippen LogP contribution in [0.3, 0.4) is 0 Å². The molecule has 1 aliphatic heterocycles. The zero-order valence-corrected chi connectivity index (χ0v) is 10.1. The van der Waals surface area contributed by atoms with Crippen LogP contribution in [0.25, 0.3) is 0 Å². The highest BCUT2D eigenvalue weighted by Gasteiger charge is 2.54. The van der Waals surface area contributed by atoms with E-state index >= 15 is 0 Å². The fourth-order valence-electron chi connectivity index (χ4n) is 3.53. The minimum Gasteiger partial charge on any atom is -0.377 e. The average Bonchev–Trinajstić information content (AvgIpc) is 2.24. The van der Waals surface area contributed by atoms with Crippen LogP contribution in [0.15, 0.2) is 0 Å². The van der Waals surface area contributed by atoms with E-state index in [1.165, 1.54) is 6.42 Å². The maximum atomic E-state index is 11.9. The molecule has 2 atom stereocenters. The molecule has 0 aromatic carbocycles. The lowest BCUT2D eigenvalue weighted by Crippen LogP contribution is -2.56. The van der Waals surface area contributed by atoms with E-state index in [0.717, 1.165) is 32.3 Å². The second-order valence-electron chi connectivity index (χ2n) is 5.72. The second kappa shape index (κ2) is 3.58. The van der Waals surface area contributed by atoms with E-state index in [4.69, 9.17) is 4.74 Å². The summed E-state index contributed by atoms with van der Waals surface area (Å²) in [7, 11) is 0. The minimum atomic E-state index is -0.269. The molecule has 0 aromatic heterocycles. The van der Waals surface area contributed by atoms with Crippen LogP contribution in [0, 0.1) is 10.8 Å². The molecule has 0 amide bonds. The van der Waals surface area contributed by atoms with Gasteiger partial charge in [-0.3, -0.25) is 4.79 Å². The summed E-state index contributed by atoms with van der Waals surface area (Å²) in [6, 6.07) is 0. The summed E-state index contributed by atoms with van der Waals surface area (Å²) in [4.78, 5) is 11.9. The van der Waals surface area contributed by atoms with E-state index in [-0.39, 0.29) is 16.9 Å². The molecular formula is C13H22O2.